The summed E-state index contributed by atoms with van der Waals surface area (Å²) in [6, 6.07) is 3.37. The summed E-state index contributed by atoms with van der Waals surface area (Å²) in [5, 5.41) is -0.0227. The van der Waals surface area contributed by atoms with Gasteiger partial charge >= 0.3 is 5.97 Å². The van der Waals surface area contributed by atoms with Crippen molar-refractivity contribution in [3.05, 3.63) is 28.2 Å². The van der Waals surface area contributed by atoms with Crippen LogP contribution in [0, 0.1) is 5.92 Å². The van der Waals surface area contributed by atoms with Gasteiger partial charge in [-0.05, 0) is 18.1 Å². The van der Waals surface area contributed by atoms with Crippen molar-refractivity contribution in [1.82, 2.24) is 4.72 Å². The number of esters is 1. The van der Waals surface area contributed by atoms with Crippen LogP contribution in [0.2, 0.25) is 10.0 Å². The zero-order valence-corrected chi connectivity index (χ0v) is 14.2. The van der Waals surface area contributed by atoms with Gasteiger partial charge in [0.2, 0.25) is 10.0 Å². The predicted octanol–water partition coefficient (Wildman–Crippen LogP) is 2.86. The number of carbonyl (C=O) groups excluding carboxylic acids is 1. The van der Waals surface area contributed by atoms with Gasteiger partial charge < -0.3 is 4.74 Å². The van der Waals surface area contributed by atoms with E-state index in [1.54, 1.807) is 6.92 Å². The lowest BCUT2D eigenvalue weighted by molar-refractivity contribution is -0.143. The second-order valence-corrected chi connectivity index (χ2v) is 7.02. The molecular formula is C13H17Cl2NO4S. The SMILES string of the molecule is CC[C@H](C)[C@H](NS(=O)(=O)c1c(Cl)cccc1Cl)C(=O)OC. The van der Waals surface area contributed by atoms with Crippen LogP contribution in [0.5, 0.6) is 0 Å². The zero-order valence-electron chi connectivity index (χ0n) is 11.9. The lowest BCUT2D eigenvalue weighted by Gasteiger charge is -2.22. The second kappa shape index (κ2) is 7.45. The first-order valence-corrected chi connectivity index (χ1v) is 8.52. The van der Waals surface area contributed by atoms with Crippen LogP contribution in [-0.2, 0) is 19.6 Å². The summed E-state index contributed by atoms with van der Waals surface area (Å²) in [5.74, 6) is -0.899. The normalized spacial score (nSPS) is 14.5. The molecule has 8 heteroatoms. The third-order valence-electron chi connectivity index (χ3n) is 3.14. The van der Waals surface area contributed by atoms with Crippen molar-refractivity contribution < 1.29 is 17.9 Å². The van der Waals surface area contributed by atoms with Gasteiger partial charge in [-0.15, -0.1) is 0 Å². The molecule has 0 aliphatic carbocycles. The van der Waals surface area contributed by atoms with Gasteiger partial charge in [0.1, 0.15) is 10.9 Å². The summed E-state index contributed by atoms with van der Waals surface area (Å²) >= 11 is 11.8. The number of sulfonamides is 1. The molecule has 0 radical (unpaired) electrons. The standard InChI is InChI=1S/C13H17Cl2NO4S/c1-4-8(2)11(13(17)20-3)16-21(18,19)12-9(14)6-5-7-10(12)15/h5-8,11,16H,4H2,1-3H3/t8-,11-/m0/s1. The average molecular weight is 354 g/mol. The molecule has 0 aromatic heterocycles. The third-order valence-corrected chi connectivity index (χ3v) is 5.53. The van der Waals surface area contributed by atoms with Crippen molar-refractivity contribution in [3.8, 4) is 0 Å². The van der Waals surface area contributed by atoms with E-state index in [1.165, 1.54) is 25.3 Å². The Hall–Kier alpha value is -0.820. The van der Waals surface area contributed by atoms with Crippen LogP contribution in [0.1, 0.15) is 20.3 Å². The second-order valence-electron chi connectivity index (χ2n) is 4.56. The first-order valence-electron chi connectivity index (χ1n) is 6.28. The van der Waals surface area contributed by atoms with Gasteiger partial charge in [0.05, 0.1) is 17.2 Å². The van der Waals surface area contributed by atoms with Gasteiger partial charge in [-0.25, -0.2) is 8.42 Å². The Morgan fingerprint density at radius 1 is 1.33 bits per heavy atom. The minimum atomic E-state index is -4.05. The van der Waals surface area contributed by atoms with E-state index >= 15 is 0 Å². The van der Waals surface area contributed by atoms with Gasteiger partial charge in [-0.3, -0.25) is 4.79 Å². The maximum absolute atomic E-state index is 12.4. The molecular weight excluding hydrogens is 337 g/mol. The highest BCUT2D eigenvalue weighted by Gasteiger charge is 2.32. The van der Waals surface area contributed by atoms with Crippen molar-refractivity contribution in [2.45, 2.75) is 31.2 Å². The quantitative estimate of drug-likeness (QED) is 0.798. The Balaban J connectivity index is 3.21. The van der Waals surface area contributed by atoms with Gasteiger partial charge in [-0.1, -0.05) is 49.5 Å². The van der Waals surface area contributed by atoms with Gasteiger partial charge in [0.25, 0.3) is 0 Å². The molecule has 0 saturated carbocycles. The summed E-state index contributed by atoms with van der Waals surface area (Å²) in [5.41, 5.74) is 0. The van der Waals surface area contributed by atoms with Crippen LogP contribution in [0.15, 0.2) is 23.1 Å². The summed E-state index contributed by atoms with van der Waals surface area (Å²) in [4.78, 5) is 11.5. The lowest BCUT2D eigenvalue weighted by Crippen LogP contribution is -2.45. The fraction of sp³-hybridized carbons (Fsp3) is 0.462. The minimum Gasteiger partial charge on any atom is -0.468 e. The maximum atomic E-state index is 12.4. The van der Waals surface area contributed by atoms with Crippen molar-refractivity contribution in [1.29, 1.82) is 0 Å². The Morgan fingerprint density at radius 3 is 2.29 bits per heavy atom. The van der Waals surface area contributed by atoms with Crippen molar-refractivity contribution in [3.63, 3.8) is 0 Å². The molecule has 2 atom stereocenters. The van der Waals surface area contributed by atoms with Crippen LogP contribution in [0.3, 0.4) is 0 Å². The third kappa shape index (κ3) is 4.32. The molecule has 0 saturated heterocycles. The summed E-state index contributed by atoms with van der Waals surface area (Å²) in [7, 11) is -2.84. The van der Waals surface area contributed by atoms with Crippen LogP contribution < -0.4 is 4.72 Å². The highest BCUT2D eigenvalue weighted by Crippen LogP contribution is 2.29. The van der Waals surface area contributed by atoms with Crippen molar-refractivity contribution in [2.75, 3.05) is 7.11 Å². The van der Waals surface area contributed by atoms with E-state index in [1.807, 2.05) is 6.92 Å². The molecule has 0 bridgehead atoms. The molecule has 0 unspecified atom stereocenters. The number of benzene rings is 1. The molecule has 0 spiro atoms. The van der Waals surface area contributed by atoms with Crippen LogP contribution in [0.4, 0.5) is 0 Å². The fourth-order valence-corrected chi connectivity index (χ4v) is 4.16. The molecule has 118 valence electrons. The van der Waals surface area contributed by atoms with E-state index in [9.17, 15) is 13.2 Å². The van der Waals surface area contributed by atoms with E-state index in [4.69, 9.17) is 23.2 Å². The van der Waals surface area contributed by atoms with Crippen LogP contribution in [0.25, 0.3) is 0 Å². The van der Waals surface area contributed by atoms with E-state index in [-0.39, 0.29) is 20.9 Å². The molecule has 1 rings (SSSR count). The Morgan fingerprint density at radius 2 is 1.86 bits per heavy atom. The van der Waals surface area contributed by atoms with Crippen molar-refractivity contribution >= 4 is 39.2 Å². The topological polar surface area (TPSA) is 72.5 Å². The van der Waals surface area contributed by atoms with Crippen molar-refractivity contribution in [2.24, 2.45) is 5.92 Å². The molecule has 0 fully saturated rings. The molecule has 0 amide bonds. The Labute approximate surface area is 134 Å². The van der Waals surface area contributed by atoms with E-state index < -0.39 is 22.0 Å². The van der Waals surface area contributed by atoms with Gasteiger partial charge in [0.15, 0.2) is 0 Å². The number of rotatable bonds is 6. The van der Waals surface area contributed by atoms with E-state index in [0.717, 1.165) is 0 Å². The van der Waals surface area contributed by atoms with Crippen LogP contribution >= 0.6 is 23.2 Å². The smallest absolute Gasteiger partial charge is 0.324 e. The van der Waals surface area contributed by atoms with Gasteiger partial charge in [0, 0.05) is 0 Å². The molecule has 1 aromatic rings. The monoisotopic (exact) mass is 353 g/mol. The highest BCUT2D eigenvalue weighted by molar-refractivity contribution is 7.89. The number of hydrogen-bond donors (Lipinski definition) is 1. The fourth-order valence-electron chi connectivity index (χ4n) is 1.72. The van der Waals surface area contributed by atoms with Crippen LogP contribution in [-0.4, -0.2) is 27.5 Å². The molecule has 0 aliphatic heterocycles. The summed E-state index contributed by atoms with van der Waals surface area (Å²) < 4.78 is 31.8. The number of carbonyl (C=O) groups is 1. The number of methoxy groups -OCH3 is 1. The Bertz CT molecular complexity index is 598. The first kappa shape index (κ1) is 18.2. The number of hydrogen-bond acceptors (Lipinski definition) is 4. The van der Waals surface area contributed by atoms with E-state index in [0.29, 0.717) is 6.42 Å². The first-order chi connectivity index (χ1) is 9.74. The average Bonchev–Trinajstić information content (AvgIpc) is 2.42. The zero-order chi connectivity index (χ0) is 16.2. The highest BCUT2D eigenvalue weighted by atomic mass is 35.5. The number of halogens is 2. The number of ether oxygens (including phenoxy) is 1. The molecule has 5 nitrogen and oxygen atoms in total. The molecule has 1 N–H and O–H groups in total. The molecule has 0 heterocycles. The summed E-state index contributed by atoms with van der Waals surface area (Å²) in [6.45, 7) is 3.59. The maximum Gasteiger partial charge on any atom is 0.324 e. The largest absolute Gasteiger partial charge is 0.468 e. The van der Waals surface area contributed by atoms with E-state index in [2.05, 4.69) is 9.46 Å². The summed E-state index contributed by atoms with van der Waals surface area (Å²) in [6.07, 6.45) is 0.596. The molecule has 1 aromatic carbocycles. The lowest BCUT2D eigenvalue weighted by atomic mass is 10.0. The predicted molar refractivity (Wildman–Crippen MR) is 82.0 cm³/mol. The number of nitrogens with one attached hydrogen (secondary N) is 1. The molecule has 0 aliphatic rings. The minimum absolute atomic E-state index is 0.0113. The van der Waals surface area contributed by atoms with Gasteiger partial charge in [-0.2, -0.15) is 4.72 Å². The molecule has 21 heavy (non-hydrogen) atoms. The Kier molecular flexibility index (Phi) is 6.46.